The fraction of sp³-hybridized carbons (Fsp3) is 0.714. The van der Waals surface area contributed by atoms with E-state index in [4.69, 9.17) is 15.1 Å². The van der Waals surface area contributed by atoms with Crippen molar-refractivity contribution in [1.29, 1.82) is 0 Å². The molecule has 0 aromatic carbocycles. The van der Waals surface area contributed by atoms with Crippen LogP contribution in [0.2, 0.25) is 0 Å². The standard InChI is InChI=1S/C7H16NO6P/c1-4-5-13-15(11,12)14-8(6(2)9)7(3)10/h4,6-7,9-10H,1,5H2,2-3H3,(H,11,12). The molecule has 0 fully saturated rings. The summed E-state index contributed by atoms with van der Waals surface area (Å²) in [6.45, 7) is 5.64. The summed E-state index contributed by atoms with van der Waals surface area (Å²) in [7, 11) is -4.34. The molecule has 0 rings (SSSR count). The Morgan fingerprint density at radius 1 is 1.47 bits per heavy atom. The fourth-order valence-corrected chi connectivity index (χ4v) is 1.59. The van der Waals surface area contributed by atoms with Crippen molar-refractivity contribution in [1.82, 2.24) is 5.06 Å². The first-order valence-electron chi connectivity index (χ1n) is 4.22. The number of hydrogen-bond acceptors (Lipinski definition) is 6. The van der Waals surface area contributed by atoms with Crippen molar-refractivity contribution in [2.75, 3.05) is 6.61 Å². The van der Waals surface area contributed by atoms with Crippen molar-refractivity contribution in [3.05, 3.63) is 12.7 Å². The lowest BCUT2D eigenvalue weighted by Crippen LogP contribution is -2.39. The van der Waals surface area contributed by atoms with Crippen molar-refractivity contribution in [3.8, 4) is 0 Å². The molecule has 0 aliphatic carbocycles. The number of phosphoric ester groups is 1. The SMILES string of the molecule is C=CCOP(=O)(O)ON(C(C)O)C(C)O. The maximum atomic E-state index is 11.2. The van der Waals surface area contributed by atoms with E-state index in [0.29, 0.717) is 5.06 Å². The lowest BCUT2D eigenvalue weighted by Gasteiger charge is -2.27. The molecule has 0 aliphatic rings. The lowest BCUT2D eigenvalue weighted by atomic mass is 10.5. The minimum Gasteiger partial charge on any atom is -0.376 e. The molecular formula is C7H16NO6P. The summed E-state index contributed by atoms with van der Waals surface area (Å²) in [6.07, 6.45) is -1.24. The molecule has 3 atom stereocenters. The number of aliphatic hydroxyl groups excluding tert-OH is 2. The van der Waals surface area contributed by atoms with Crippen LogP contribution in [0.5, 0.6) is 0 Å². The summed E-state index contributed by atoms with van der Waals surface area (Å²) in [5, 5.41) is 18.8. The van der Waals surface area contributed by atoms with E-state index in [0.717, 1.165) is 0 Å². The van der Waals surface area contributed by atoms with Crippen LogP contribution in [0.3, 0.4) is 0 Å². The van der Waals surface area contributed by atoms with Crippen LogP contribution in [0.15, 0.2) is 12.7 Å². The van der Waals surface area contributed by atoms with Gasteiger partial charge in [-0.2, -0.15) is 4.62 Å². The fourth-order valence-electron chi connectivity index (χ4n) is 0.738. The van der Waals surface area contributed by atoms with Crippen molar-refractivity contribution < 1.29 is 28.8 Å². The van der Waals surface area contributed by atoms with Crippen LogP contribution in [0, 0.1) is 0 Å². The Bertz CT molecular complexity index is 236. The highest BCUT2D eigenvalue weighted by Gasteiger charge is 2.30. The molecule has 8 heteroatoms. The number of nitrogens with zero attached hydrogens (tertiary/aromatic N) is 1. The van der Waals surface area contributed by atoms with E-state index in [1.54, 1.807) is 0 Å². The second kappa shape index (κ2) is 6.34. The molecular weight excluding hydrogens is 225 g/mol. The Morgan fingerprint density at radius 3 is 2.27 bits per heavy atom. The van der Waals surface area contributed by atoms with Crippen molar-refractivity contribution in [2.45, 2.75) is 26.3 Å². The molecule has 0 aliphatic heterocycles. The first-order chi connectivity index (χ1) is 6.80. The third kappa shape index (κ3) is 6.01. The zero-order valence-electron chi connectivity index (χ0n) is 8.61. The van der Waals surface area contributed by atoms with Crippen LogP contribution in [0.4, 0.5) is 0 Å². The Labute approximate surface area is 88.1 Å². The summed E-state index contributed by atoms with van der Waals surface area (Å²) in [4.78, 5) is 9.11. The van der Waals surface area contributed by atoms with Gasteiger partial charge in [0.25, 0.3) is 0 Å². The largest absolute Gasteiger partial charge is 0.489 e. The predicted molar refractivity (Wildman–Crippen MR) is 52.3 cm³/mol. The van der Waals surface area contributed by atoms with E-state index in [1.165, 1.54) is 19.9 Å². The maximum Gasteiger partial charge on any atom is 0.489 e. The van der Waals surface area contributed by atoms with Gasteiger partial charge in [-0.15, -0.1) is 11.6 Å². The predicted octanol–water partition coefficient (Wildman–Crippen LogP) is 0.200. The first kappa shape index (κ1) is 14.7. The molecule has 7 nitrogen and oxygen atoms in total. The van der Waals surface area contributed by atoms with E-state index in [1.807, 2.05) is 0 Å². The average Bonchev–Trinajstić information content (AvgIpc) is 2.10. The van der Waals surface area contributed by atoms with Crippen LogP contribution in [-0.2, 0) is 13.7 Å². The quantitative estimate of drug-likeness (QED) is 0.253. The highest BCUT2D eigenvalue weighted by atomic mass is 31.2. The number of hydroxylamine groups is 2. The van der Waals surface area contributed by atoms with Crippen LogP contribution < -0.4 is 0 Å². The monoisotopic (exact) mass is 241 g/mol. The van der Waals surface area contributed by atoms with Crippen molar-refractivity contribution in [2.24, 2.45) is 0 Å². The molecule has 0 saturated heterocycles. The normalized spacial score (nSPS) is 19.6. The van der Waals surface area contributed by atoms with Crippen LogP contribution in [0.25, 0.3) is 0 Å². The summed E-state index contributed by atoms with van der Waals surface area (Å²) >= 11 is 0. The second-order valence-corrected chi connectivity index (χ2v) is 4.12. The van der Waals surface area contributed by atoms with Gasteiger partial charge in [-0.3, -0.25) is 4.52 Å². The molecule has 0 aromatic heterocycles. The minimum atomic E-state index is -4.34. The highest BCUT2D eigenvalue weighted by molar-refractivity contribution is 7.47. The van der Waals surface area contributed by atoms with Gasteiger partial charge in [0.2, 0.25) is 0 Å². The summed E-state index contributed by atoms with van der Waals surface area (Å²) in [5.74, 6) is 0. The molecule has 90 valence electrons. The first-order valence-corrected chi connectivity index (χ1v) is 5.72. The second-order valence-electron chi connectivity index (χ2n) is 2.76. The lowest BCUT2D eigenvalue weighted by molar-refractivity contribution is -0.246. The summed E-state index contributed by atoms with van der Waals surface area (Å²) in [5.41, 5.74) is 0. The molecule has 0 saturated carbocycles. The van der Waals surface area contributed by atoms with Gasteiger partial charge in [-0.1, -0.05) is 6.08 Å². The van der Waals surface area contributed by atoms with Crippen LogP contribution in [-0.4, -0.2) is 39.2 Å². The van der Waals surface area contributed by atoms with Gasteiger partial charge in [0.1, 0.15) is 12.5 Å². The number of rotatable bonds is 7. The Morgan fingerprint density at radius 2 is 1.93 bits per heavy atom. The van der Waals surface area contributed by atoms with Gasteiger partial charge in [-0.25, -0.2) is 4.57 Å². The Hall–Kier alpha value is -0.270. The zero-order valence-corrected chi connectivity index (χ0v) is 9.50. The minimum absolute atomic E-state index is 0.179. The molecule has 0 spiro atoms. The molecule has 0 amide bonds. The van der Waals surface area contributed by atoms with E-state index in [-0.39, 0.29) is 6.61 Å². The van der Waals surface area contributed by atoms with Crippen molar-refractivity contribution in [3.63, 3.8) is 0 Å². The maximum absolute atomic E-state index is 11.2. The summed E-state index contributed by atoms with van der Waals surface area (Å²) < 4.78 is 20.0. The molecule has 0 radical (unpaired) electrons. The third-order valence-corrected chi connectivity index (χ3v) is 2.16. The van der Waals surface area contributed by atoms with Gasteiger partial charge in [0, 0.05) is 0 Å². The Balaban J connectivity index is 4.38. The molecule has 3 N–H and O–H groups in total. The topological polar surface area (TPSA) is 99.5 Å². The number of hydrogen-bond donors (Lipinski definition) is 3. The Kier molecular flexibility index (Phi) is 6.23. The molecule has 0 bridgehead atoms. The number of phosphoric acid groups is 1. The molecule has 0 aromatic rings. The summed E-state index contributed by atoms with van der Waals surface area (Å²) in [6, 6.07) is 0. The van der Waals surface area contributed by atoms with Crippen LogP contribution >= 0.6 is 7.82 Å². The van der Waals surface area contributed by atoms with E-state index in [9.17, 15) is 4.57 Å². The average molecular weight is 241 g/mol. The van der Waals surface area contributed by atoms with Gasteiger partial charge in [0.15, 0.2) is 0 Å². The smallest absolute Gasteiger partial charge is 0.376 e. The molecule has 15 heavy (non-hydrogen) atoms. The number of aliphatic hydroxyl groups is 2. The van der Waals surface area contributed by atoms with Crippen LogP contribution in [0.1, 0.15) is 13.8 Å². The third-order valence-electron chi connectivity index (χ3n) is 1.29. The highest BCUT2D eigenvalue weighted by Crippen LogP contribution is 2.44. The van der Waals surface area contributed by atoms with Gasteiger partial charge in [-0.05, 0) is 13.8 Å². The van der Waals surface area contributed by atoms with Crippen molar-refractivity contribution >= 4 is 7.82 Å². The molecule has 0 heterocycles. The van der Waals surface area contributed by atoms with E-state index in [2.05, 4.69) is 15.7 Å². The van der Waals surface area contributed by atoms with E-state index >= 15 is 0 Å². The van der Waals surface area contributed by atoms with Gasteiger partial charge < -0.3 is 15.1 Å². The van der Waals surface area contributed by atoms with E-state index < -0.39 is 20.3 Å². The van der Waals surface area contributed by atoms with Gasteiger partial charge >= 0.3 is 7.82 Å². The zero-order chi connectivity index (χ0) is 12.1. The molecule has 3 unspecified atom stereocenters. The van der Waals surface area contributed by atoms with Gasteiger partial charge in [0.05, 0.1) is 6.61 Å².